The van der Waals surface area contributed by atoms with Gasteiger partial charge in [0.15, 0.2) is 0 Å². The third-order valence-electron chi connectivity index (χ3n) is 9.00. The Morgan fingerprint density at radius 3 is 2.24 bits per heavy atom. The molecule has 4 rings (SSSR count). The van der Waals surface area contributed by atoms with Crippen LogP contribution in [0.2, 0.25) is 0 Å². The lowest BCUT2D eigenvalue weighted by atomic mass is 10.0. The summed E-state index contributed by atoms with van der Waals surface area (Å²) in [6.07, 6.45) is -0.426. The van der Waals surface area contributed by atoms with E-state index < -0.39 is 36.0 Å². The quantitative estimate of drug-likeness (QED) is 0.0658. The van der Waals surface area contributed by atoms with Crippen molar-refractivity contribution < 1.29 is 43.3 Å². The number of hydrogen-bond donors (Lipinski definition) is 7. The van der Waals surface area contributed by atoms with Gasteiger partial charge >= 0.3 is 12.1 Å². The minimum Gasteiger partial charge on any atom is -0.447 e. The number of amides is 7. The Bertz CT molecular complexity index is 1960. The summed E-state index contributed by atoms with van der Waals surface area (Å²) < 4.78 is 10.7. The van der Waals surface area contributed by atoms with Crippen molar-refractivity contribution in [2.75, 3.05) is 43.1 Å². The van der Waals surface area contributed by atoms with E-state index in [2.05, 4.69) is 38.4 Å². The molecule has 308 valence electrons. The molecule has 7 amide bonds. The maximum absolute atomic E-state index is 13.4. The Kier molecular flexibility index (Phi) is 17.5. The van der Waals surface area contributed by atoms with Crippen LogP contribution < -0.4 is 37.2 Å². The summed E-state index contributed by atoms with van der Waals surface area (Å²) in [4.78, 5) is 77.8. The van der Waals surface area contributed by atoms with Gasteiger partial charge in [-0.05, 0) is 60.2 Å². The molecule has 3 aromatic rings. The summed E-state index contributed by atoms with van der Waals surface area (Å²) >= 11 is 0. The van der Waals surface area contributed by atoms with Crippen LogP contribution in [0, 0.1) is 17.8 Å². The largest absolute Gasteiger partial charge is 0.447 e. The molecule has 0 unspecified atom stereocenters. The second kappa shape index (κ2) is 23.0. The summed E-state index contributed by atoms with van der Waals surface area (Å²) in [6.45, 7) is 3.96. The van der Waals surface area contributed by atoms with E-state index in [4.69, 9.17) is 15.2 Å². The van der Waals surface area contributed by atoms with Gasteiger partial charge in [-0.2, -0.15) is 0 Å². The average Bonchev–Trinajstić information content (AvgIpc) is 3.20. The number of urea groups is 1. The number of aliphatic hydroxyl groups excluding tert-OH is 1. The molecule has 8 N–H and O–H groups in total. The maximum Gasteiger partial charge on any atom is 0.407 e. The first-order valence-electron chi connectivity index (χ1n) is 19.1. The molecule has 1 aliphatic heterocycles. The molecule has 0 saturated carbocycles. The van der Waals surface area contributed by atoms with Crippen LogP contribution in [0.5, 0.6) is 0 Å². The molecule has 16 nitrogen and oxygen atoms in total. The number of ether oxygens (including phenoxy) is 2. The van der Waals surface area contributed by atoms with E-state index >= 15 is 0 Å². The number of nitrogens with zero attached hydrogens (tertiary/aromatic N) is 1. The van der Waals surface area contributed by atoms with Gasteiger partial charge in [0.2, 0.25) is 23.6 Å². The van der Waals surface area contributed by atoms with Crippen LogP contribution in [0.25, 0.3) is 0 Å². The zero-order valence-corrected chi connectivity index (χ0v) is 32.7. The van der Waals surface area contributed by atoms with E-state index in [1.807, 2.05) is 48.5 Å². The highest BCUT2D eigenvalue weighted by molar-refractivity contribution is 5.98. The number of aliphatic hydroxyl groups is 1. The number of alkyl carbamates (subject to hydrolysis) is 1. The molecule has 0 spiro atoms. The Morgan fingerprint density at radius 1 is 0.810 bits per heavy atom. The van der Waals surface area contributed by atoms with Gasteiger partial charge in [-0.1, -0.05) is 68.2 Å². The highest BCUT2D eigenvalue weighted by Crippen LogP contribution is 2.26. The van der Waals surface area contributed by atoms with E-state index in [0.29, 0.717) is 29.9 Å². The SMILES string of the molecule is CC(C)[C@H](NC(=O)OCCOCCNC(=O)CCC(=O)N1Cc2ccccc2C#Cc2ccccc21)C(=O)N[C@@H](CCCNC(N)=O)C(=O)Nc1ccc(CO)cc1. The molecular weight excluding hydrogens is 747 g/mol. The molecule has 58 heavy (non-hydrogen) atoms. The predicted octanol–water partition coefficient (Wildman–Crippen LogP) is 2.66. The zero-order chi connectivity index (χ0) is 41.9. The Morgan fingerprint density at radius 2 is 1.52 bits per heavy atom. The van der Waals surface area contributed by atoms with Crippen LogP contribution in [0.4, 0.5) is 21.0 Å². The van der Waals surface area contributed by atoms with Crippen LogP contribution in [-0.2, 0) is 41.8 Å². The number of primary amides is 1. The van der Waals surface area contributed by atoms with Crippen LogP contribution in [-0.4, -0.2) is 85.9 Å². The molecule has 1 aliphatic rings. The van der Waals surface area contributed by atoms with E-state index in [9.17, 15) is 33.9 Å². The monoisotopic (exact) mass is 797 g/mol. The summed E-state index contributed by atoms with van der Waals surface area (Å²) in [5.74, 6) is 4.30. The molecule has 0 saturated heterocycles. The van der Waals surface area contributed by atoms with Crippen LogP contribution >= 0.6 is 0 Å². The number of carbonyl (C=O) groups is 6. The Balaban J connectivity index is 1.16. The predicted molar refractivity (Wildman–Crippen MR) is 216 cm³/mol. The molecule has 1 heterocycles. The maximum atomic E-state index is 13.4. The highest BCUT2D eigenvalue weighted by atomic mass is 16.6. The number of anilines is 2. The van der Waals surface area contributed by atoms with Crippen molar-refractivity contribution >= 4 is 47.1 Å². The minimum atomic E-state index is -1.05. The number of fused-ring (bicyclic) bond motifs is 2. The second-order valence-electron chi connectivity index (χ2n) is 13.7. The van der Waals surface area contributed by atoms with Crippen LogP contribution in [0.15, 0.2) is 72.8 Å². The van der Waals surface area contributed by atoms with Gasteiger partial charge < -0.3 is 51.8 Å². The molecule has 0 aromatic heterocycles. The third-order valence-corrected chi connectivity index (χ3v) is 9.00. The average molecular weight is 798 g/mol. The number of nitrogens with two attached hydrogens (primary N) is 1. The fourth-order valence-corrected chi connectivity index (χ4v) is 5.88. The molecule has 16 heteroatoms. The second-order valence-corrected chi connectivity index (χ2v) is 13.7. The number of rotatable bonds is 20. The number of hydrogen-bond acceptors (Lipinski definition) is 9. The van der Waals surface area contributed by atoms with Crippen LogP contribution in [0.1, 0.15) is 61.8 Å². The molecule has 0 aliphatic carbocycles. The molecule has 2 atom stereocenters. The lowest BCUT2D eigenvalue weighted by Gasteiger charge is -2.26. The van der Waals surface area contributed by atoms with Gasteiger partial charge in [-0.15, -0.1) is 0 Å². The van der Waals surface area contributed by atoms with Crippen molar-refractivity contribution in [1.82, 2.24) is 21.3 Å². The van der Waals surface area contributed by atoms with Gasteiger partial charge in [0.25, 0.3) is 0 Å². The first-order chi connectivity index (χ1) is 27.9. The van der Waals surface area contributed by atoms with Crippen molar-refractivity contribution in [2.24, 2.45) is 11.7 Å². The molecular formula is C42H51N7O9. The lowest BCUT2D eigenvalue weighted by Crippen LogP contribution is -2.54. The Hall–Kier alpha value is -6.44. The van der Waals surface area contributed by atoms with E-state index in [1.165, 1.54) is 0 Å². The fraction of sp³-hybridized carbons (Fsp3) is 0.381. The standard InChI is InChI=1S/C42H51N7O9/c1-28(2)38(40(54)47-34(11-7-21-45-41(43)55)39(53)46-33-17-13-29(27-50)14-18-33)48-42(56)58-25-24-57-23-22-44-36(51)19-20-37(52)49-26-32-10-4-3-8-30(32)15-16-31-9-5-6-12-35(31)49/h3-6,8-10,12-14,17-18,28,34,38,50H,7,11,19-27H2,1-2H3,(H,44,51)(H,46,53)(H,47,54)(H,48,56)(H3,43,45,55)/t34-,38-/m0/s1. The highest BCUT2D eigenvalue weighted by Gasteiger charge is 2.29. The van der Waals surface area contributed by atoms with Crippen LogP contribution in [0.3, 0.4) is 0 Å². The first-order valence-corrected chi connectivity index (χ1v) is 19.1. The normalized spacial score (nSPS) is 12.5. The Labute approximate surface area is 337 Å². The fourth-order valence-electron chi connectivity index (χ4n) is 5.88. The molecule has 0 bridgehead atoms. The van der Waals surface area contributed by atoms with Gasteiger partial charge in [-0.3, -0.25) is 19.2 Å². The summed E-state index contributed by atoms with van der Waals surface area (Å²) in [6, 6.07) is 18.8. The molecule has 0 fully saturated rings. The number of nitrogens with one attached hydrogen (secondary N) is 5. The van der Waals surface area contributed by atoms with Crippen molar-refractivity contribution in [3.63, 3.8) is 0 Å². The van der Waals surface area contributed by atoms with Crippen molar-refractivity contribution in [3.05, 3.63) is 95.1 Å². The smallest absolute Gasteiger partial charge is 0.407 e. The van der Waals surface area contributed by atoms with E-state index in [1.54, 1.807) is 43.0 Å². The summed E-state index contributed by atoms with van der Waals surface area (Å²) in [7, 11) is 0. The summed E-state index contributed by atoms with van der Waals surface area (Å²) in [5, 5.41) is 22.4. The minimum absolute atomic E-state index is 0.00222. The number of benzene rings is 3. The lowest BCUT2D eigenvalue weighted by molar-refractivity contribution is -0.128. The van der Waals surface area contributed by atoms with E-state index in [0.717, 1.165) is 16.7 Å². The molecule has 0 radical (unpaired) electrons. The van der Waals surface area contributed by atoms with Gasteiger partial charge in [0.1, 0.15) is 18.7 Å². The van der Waals surface area contributed by atoms with Crippen molar-refractivity contribution in [3.8, 4) is 11.8 Å². The summed E-state index contributed by atoms with van der Waals surface area (Å²) in [5.41, 5.74) is 9.44. The number of para-hydroxylation sites is 1. The number of carbonyl (C=O) groups excluding carboxylic acids is 6. The zero-order valence-electron chi connectivity index (χ0n) is 32.7. The van der Waals surface area contributed by atoms with Crippen molar-refractivity contribution in [2.45, 2.75) is 64.8 Å². The molecule has 3 aromatic carbocycles. The first kappa shape index (κ1) is 44.3. The third kappa shape index (κ3) is 14.3. The van der Waals surface area contributed by atoms with Crippen molar-refractivity contribution in [1.29, 1.82) is 0 Å². The van der Waals surface area contributed by atoms with E-state index in [-0.39, 0.29) is 76.5 Å². The van der Waals surface area contributed by atoms with Gasteiger partial charge in [0.05, 0.1) is 32.1 Å². The topological polar surface area (TPSA) is 231 Å². The van der Waals surface area contributed by atoms with Gasteiger partial charge in [0, 0.05) is 42.7 Å². The van der Waals surface area contributed by atoms with Gasteiger partial charge in [-0.25, -0.2) is 9.59 Å².